The Bertz CT molecular complexity index is 660. The van der Waals surface area contributed by atoms with Gasteiger partial charge in [-0.15, -0.1) is 5.92 Å². The van der Waals surface area contributed by atoms with Crippen molar-refractivity contribution in [1.29, 1.82) is 0 Å². The fourth-order valence-corrected chi connectivity index (χ4v) is 2.41. The highest BCUT2D eigenvalue weighted by atomic mass is 14.9. The average molecular weight is 306 g/mol. The molecule has 3 N–H and O–H groups in total. The van der Waals surface area contributed by atoms with Gasteiger partial charge in [0, 0.05) is 23.8 Å². The minimum absolute atomic E-state index is 0.187. The van der Waals surface area contributed by atoms with Crippen LogP contribution in [-0.4, -0.2) is 12.6 Å². The molecule has 2 atom stereocenters. The summed E-state index contributed by atoms with van der Waals surface area (Å²) in [6.45, 7) is 7.03. The van der Waals surface area contributed by atoms with Crippen molar-refractivity contribution >= 4 is 5.69 Å². The van der Waals surface area contributed by atoms with Crippen LogP contribution in [0.2, 0.25) is 0 Å². The third kappa shape index (κ3) is 4.87. The van der Waals surface area contributed by atoms with E-state index in [1.807, 2.05) is 6.92 Å². The van der Waals surface area contributed by atoms with Crippen LogP contribution in [0.5, 0.6) is 0 Å². The summed E-state index contributed by atoms with van der Waals surface area (Å²) in [5.41, 5.74) is 10.7. The highest BCUT2D eigenvalue weighted by Gasteiger charge is 2.09. The van der Waals surface area contributed by atoms with Gasteiger partial charge in [-0.25, -0.2) is 0 Å². The summed E-state index contributed by atoms with van der Waals surface area (Å²) in [4.78, 5) is 0. The van der Waals surface area contributed by atoms with Crippen molar-refractivity contribution in [2.75, 3.05) is 11.9 Å². The molecule has 2 heteroatoms. The molecule has 2 rings (SSSR count). The van der Waals surface area contributed by atoms with Gasteiger partial charge in [-0.1, -0.05) is 50.5 Å². The van der Waals surface area contributed by atoms with Crippen molar-refractivity contribution in [3.63, 3.8) is 0 Å². The predicted octanol–water partition coefficient (Wildman–Crippen LogP) is 4.51. The number of nitrogens with two attached hydrogens (primary N) is 1. The molecule has 2 aromatic carbocycles. The lowest BCUT2D eigenvalue weighted by atomic mass is 10.00. The molecule has 0 aromatic heterocycles. The second-order valence-corrected chi connectivity index (χ2v) is 5.96. The zero-order valence-corrected chi connectivity index (χ0v) is 14.3. The number of nitrogens with one attached hydrogen (secondary N) is 1. The second-order valence-electron chi connectivity index (χ2n) is 5.96. The molecule has 2 aromatic rings. The molecule has 0 aliphatic heterocycles. The number of hydrogen-bond acceptors (Lipinski definition) is 2. The maximum absolute atomic E-state index is 6.16. The third-order valence-corrected chi connectivity index (χ3v) is 4.29. The third-order valence-electron chi connectivity index (χ3n) is 4.29. The minimum Gasteiger partial charge on any atom is -0.383 e. The van der Waals surface area contributed by atoms with Gasteiger partial charge >= 0.3 is 0 Å². The van der Waals surface area contributed by atoms with E-state index in [9.17, 15) is 0 Å². The predicted molar refractivity (Wildman–Crippen MR) is 100 cm³/mol. The van der Waals surface area contributed by atoms with E-state index in [4.69, 9.17) is 5.73 Å². The lowest BCUT2D eigenvalue weighted by Crippen LogP contribution is -2.35. The molecule has 2 nitrogen and oxygen atoms in total. The molecule has 1 unspecified atom stereocenters. The fraction of sp³-hybridized carbons (Fsp3) is 0.333. The molecule has 0 spiro atoms. The van der Waals surface area contributed by atoms with Crippen LogP contribution in [0.15, 0.2) is 48.5 Å². The Hall–Kier alpha value is -2.24. The zero-order chi connectivity index (χ0) is 16.7. The fourth-order valence-electron chi connectivity index (χ4n) is 2.41. The molecule has 0 saturated heterocycles. The highest BCUT2D eigenvalue weighted by Crippen LogP contribution is 2.22. The number of rotatable bonds is 6. The van der Waals surface area contributed by atoms with E-state index < -0.39 is 0 Å². The van der Waals surface area contributed by atoms with Gasteiger partial charge in [0.2, 0.25) is 0 Å². The maximum atomic E-state index is 6.16. The normalized spacial score (nSPS) is 12.9. The summed E-state index contributed by atoms with van der Waals surface area (Å²) < 4.78 is 0. The van der Waals surface area contributed by atoms with Crippen LogP contribution in [0.1, 0.15) is 32.8 Å². The van der Waals surface area contributed by atoms with E-state index in [2.05, 4.69) is 79.5 Å². The van der Waals surface area contributed by atoms with Crippen molar-refractivity contribution in [2.45, 2.75) is 33.2 Å². The molecule has 0 aliphatic rings. The molecular formula is C21H26N2. The van der Waals surface area contributed by atoms with Gasteiger partial charge in [-0.2, -0.15) is 0 Å². The van der Waals surface area contributed by atoms with Crippen LogP contribution in [0.25, 0.3) is 11.1 Å². The van der Waals surface area contributed by atoms with E-state index in [1.54, 1.807) is 0 Å². The Morgan fingerprint density at radius 2 is 1.57 bits per heavy atom. The Balaban J connectivity index is 1.99. The Morgan fingerprint density at radius 1 is 1.00 bits per heavy atom. The standard InChI is InChI=1S/C21H26N2/c1-4-6-17-7-9-18(10-8-17)19-11-13-20(14-12-19)23-15-21(22)16(3)5-2/h7-14,16,21,23H,5,15,22H2,1-3H3/t16-,21?/m0/s1. The smallest absolute Gasteiger partial charge is 0.0341 e. The van der Waals surface area contributed by atoms with Gasteiger partial charge in [0.05, 0.1) is 0 Å². The first-order valence-electron chi connectivity index (χ1n) is 8.26. The molecule has 0 saturated carbocycles. The van der Waals surface area contributed by atoms with Crippen LogP contribution in [0, 0.1) is 17.8 Å². The van der Waals surface area contributed by atoms with E-state index in [0.717, 1.165) is 24.2 Å². The number of hydrogen-bond donors (Lipinski definition) is 2. The van der Waals surface area contributed by atoms with Crippen molar-refractivity contribution in [3.8, 4) is 23.0 Å². The highest BCUT2D eigenvalue weighted by molar-refractivity contribution is 5.66. The minimum atomic E-state index is 0.187. The summed E-state index contributed by atoms with van der Waals surface area (Å²) in [5.74, 6) is 6.52. The second kappa shape index (κ2) is 8.41. The molecule has 120 valence electrons. The maximum Gasteiger partial charge on any atom is 0.0341 e. The molecule has 0 amide bonds. The number of anilines is 1. The van der Waals surface area contributed by atoms with Crippen LogP contribution in [-0.2, 0) is 0 Å². The van der Waals surface area contributed by atoms with Crippen molar-refractivity contribution in [1.82, 2.24) is 0 Å². The van der Waals surface area contributed by atoms with Gasteiger partial charge in [-0.05, 0) is 48.2 Å². The van der Waals surface area contributed by atoms with E-state index >= 15 is 0 Å². The van der Waals surface area contributed by atoms with Crippen molar-refractivity contribution < 1.29 is 0 Å². The average Bonchev–Trinajstić information content (AvgIpc) is 2.60. The van der Waals surface area contributed by atoms with Crippen LogP contribution in [0.4, 0.5) is 5.69 Å². The van der Waals surface area contributed by atoms with E-state index in [1.165, 1.54) is 11.1 Å². The molecule has 0 heterocycles. The monoisotopic (exact) mass is 306 g/mol. The zero-order valence-electron chi connectivity index (χ0n) is 14.3. The Kier molecular flexibility index (Phi) is 6.26. The van der Waals surface area contributed by atoms with E-state index in [0.29, 0.717) is 5.92 Å². The topological polar surface area (TPSA) is 38.0 Å². The summed E-state index contributed by atoms with van der Waals surface area (Å²) in [6, 6.07) is 17.0. The van der Waals surface area contributed by atoms with Gasteiger partial charge in [0.25, 0.3) is 0 Å². The molecule has 0 bridgehead atoms. The van der Waals surface area contributed by atoms with Gasteiger partial charge in [0.15, 0.2) is 0 Å². The summed E-state index contributed by atoms with van der Waals surface area (Å²) in [5, 5.41) is 3.42. The first-order chi connectivity index (χ1) is 11.1. The van der Waals surface area contributed by atoms with E-state index in [-0.39, 0.29) is 6.04 Å². The molecule has 23 heavy (non-hydrogen) atoms. The van der Waals surface area contributed by atoms with Crippen molar-refractivity contribution in [3.05, 3.63) is 54.1 Å². The van der Waals surface area contributed by atoms with Gasteiger partial charge < -0.3 is 11.1 Å². The van der Waals surface area contributed by atoms with Gasteiger partial charge in [-0.3, -0.25) is 0 Å². The summed E-state index contributed by atoms with van der Waals surface area (Å²) >= 11 is 0. The lowest BCUT2D eigenvalue weighted by Gasteiger charge is -2.19. The first-order valence-corrected chi connectivity index (χ1v) is 8.26. The molecule has 0 fully saturated rings. The molecule has 0 aliphatic carbocycles. The largest absolute Gasteiger partial charge is 0.383 e. The quantitative estimate of drug-likeness (QED) is 0.771. The number of benzene rings is 2. The molecular weight excluding hydrogens is 280 g/mol. The summed E-state index contributed by atoms with van der Waals surface area (Å²) in [6.07, 6.45) is 1.11. The lowest BCUT2D eigenvalue weighted by molar-refractivity contribution is 0.457. The Labute approximate surface area is 140 Å². The first kappa shape index (κ1) is 17.1. The summed E-state index contributed by atoms with van der Waals surface area (Å²) in [7, 11) is 0. The van der Waals surface area contributed by atoms with Crippen molar-refractivity contribution in [2.24, 2.45) is 11.7 Å². The van der Waals surface area contributed by atoms with Gasteiger partial charge in [0.1, 0.15) is 0 Å². The van der Waals surface area contributed by atoms with Crippen LogP contribution in [0.3, 0.4) is 0 Å². The molecule has 0 radical (unpaired) electrons. The van der Waals surface area contributed by atoms with Crippen LogP contribution < -0.4 is 11.1 Å². The van der Waals surface area contributed by atoms with Crippen LogP contribution >= 0.6 is 0 Å². The Morgan fingerprint density at radius 3 is 2.09 bits per heavy atom. The SMILES string of the molecule is CC#Cc1ccc(-c2ccc(NCC(N)[C@@H](C)CC)cc2)cc1.